The van der Waals surface area contributed by atoms with Crippen LogP contribution in [0.3, 0.4) is 0 Å². The molecular formula is C45H27N3OS. The minimum absolute atomic E-state index is 0.572. The van der Waals surface area contributed by atoms with Crippen molar-refractivity contribution in [1.82, 2.24) is 15.0 Å². The van der Waals surface area contributed by atoms with E-state index < -0.39 is 0 Å². The molecule has 0 aliphatic heterocycles. The molecule has 10 rings (SSSR count). The lowest BCUT2D eigenvalue weighted by Crippen LogP contribution is -2.00. The number of rotatable bonds is 5. The third-order valence-electron chi connectivity index (χ3n) is 9.37. The van der Waals surface area contributed by atoms with Crippen LogP contribution in [0.5, 0.6) is 0 Å². The number of para-hydroxylation sites is 2. The zero-order valence-electron chi connectivity index (χ0n) is 26.7. The monoisotopic (exact) mass is 657 g/mol. The van der Waals surface area contributed by atoms with Crippen molar-refractivity contribution in [1.29, 1.82) is 0 Å². The molecule has 5 heteroatoms. The summed E-state index contributed by atoms with van der Waals surface area (Å²) in [7, 11) is 0. The van der Waals surface area contributed by atoms with E-state index in [4.69, 9.17) is 19.4 Å². The van der Waals surface area contributed by atoms with Gasteiger partial charge in [-0.25, -0.2) is 15.0 Å². The summed E-state index contributed by atoms with van der Waals surface area (Å²) in [4.78, 5) is 15.0. The highest BCUT2D eigenvalue weighted by Gasteiger charge is 2.22. The second kappa shape index (κ2) is 11.6. The van der Waals surface area contributed by atoms with Gasteiger partial charge in [0.05, 0.1) is 5.56 Å². The van der Waals surface area contributed by atoms with E-state index in [9.17, 15) is 0 Å². The number of hydrogen-bond donors (Lipinski definition) is 0. The van der Waals surface area contributed by atoms with E-state index in [2.05, 4.69) is 97.1 Å². The zero-order valence-corrected chi connectivity index (χ0v) is 27.6. The number of thiophene rings is 1. The molecule has 0 aliphatic carbocycles. The molecule has 3 heterocycles. The summed E-state index contributed by atoms with van der Waals surface area (Å²) in [6.45, 7) is 0. The van der Waals surface area contributed by atoms with Crippen molar-refractivity contribution >= 4 is 53.4 Å². The van der Waals surface area contributed by atoms with Gasteiger partial charge >= 0.3 is 0 Å². The van der Waals surface area contributed by atoms with Gasteiger partial charge < -0.3 is 4.42 Å². The highest BCUT2D eigenvalue weighted by Crippen LogP contribution is 2.47. The van der Waals surface area contributed by atoms with E-state index in [1.165, 1.54) is 31.3 Å². The third-order valence-corrected chi connectivity index (χ3v) is 10.6. The maximum atomic E-state index is 6.97. The topological polar surface area (TPSA) is 51.8 Å². The molecule has 7 aromatic carbocycles. The van der Waals surface area contributed by atoms with Crippen molar-refractivity contribution in [2.45, 2.75) is 0 Å². The van der Waals surface area contributed by atoms with Gasteiger partial charge in [-0.2, -0.15) is 0 Å². The average Bonchev–Trinajstić information content (AvgIpc) is 3.78. The summed E-state index contributed by atoms with van der Waals surface area (Å²) in [6, 6.07) is 56.7. The Bertz CT molecular complexity index is 2800. The highest BCUT2D eigenvalue weighted by atomic mass is 32.1. The van der Waals surface area contributed by atoms with Gasteiger partial charge in [-0.15, -0.1) is 11.3 Å². The van der Waals surface area contributed by atoms with E-state index in [0.717, 1.165) is 49.8 Å². The van der Waals surface area contributed by atoms with E-state index >= 15 is 0 Å². The molecule has 0 unspecified atom stereocenters. The number of hydrogen-bond acceptors (Lipinski definition) is 5. The molecule has 3 aromatic heterocycles. The number of furan rings is 1. The van der Waals surface area contributed by atoms with Crippen LogP contribution in [-0.4, -0.2) is 15.0 Å². The largest absolute Gasteiger partial charge is 0.455 e. The van der Waals surface area contributed by atoms with Gasteiger partial charge in [0.25, 0.3) is 0 Å². The van der Waals surface area contributed by atoms with Crippen LogP contribution in [0.1, 0.15) is 0 Å². The van der Waals surface area contributed by atoms with Gasteiger partial charge in [-0.3, -0.25) is 0 Å². The second-order valence-corrected chi connectivity index (χ2v) is 13.4. The molecule has 0 radical (unpaired) electrons. The Balaban J connectivity index is 1.22. The number of fused-ring (bicyclic) bond motifs is 6. The van der Waals surface area contributed by atoms with Gasteiger partial charge in [0, 0.05) is 47.6 Å². The first kappa shape index (κ1) is 28.6. The molecular weight excluding hydrogens is 631 g/mol. The Morgan fingerprint density at radius 1 is 0.360 bits per heavy atom. The van der Waals surface area contributed by atoms with Crippen molar-refractivity contribution in [2.24, 2.45) is 0 Å². The molecule has 0 saturated heterocycles. The average molecular weight is 658 g/mol. The quantitative estimate of drug-likeness (QED) is 0.185. The van der Waals surface area contributed by atoms with Crippen LogP contribution in [0.15, 0.2) is 168 Å². The standard InChI is InChI=1S/C45H27N3OS/c1-4-14-28(15-5-1)31-26-27-32(39-36-20-10-11-25-38(36)50-42(31)39)33-21-12-22-34-35-23-13-24-37(41(35)49-40(33)34)45-47-43(29-16-6-2-7-17-29)46-44(48-45)30-18-8-3-9-19-30/h1-27H. The molecule has 4 nitrogen and oxygen atoms in total. The summed E-state index contributed by atoms with van der Waals surface area (Å²) in [5, 5.41) is 4.58. The van der Waals surface area contributed by atoms with Gasteiger partial charge in [-0.1, -0.05) is 152 Å². The zero-order chi connectivity index (χ0) is 33.0. The summed E-state index contributed by atoms with van der Waals surface area (Å²) in [6.07, 6.45) is 0. The van der Waals surface area contributed by atoms with E-state index in [0.29, 0.717) is 17.5 Å². The van der Waals surface area contributed by atoms with Crippen molar-refractivity contribution in [2.75, 3.05) is 0 Å². The normalized spacial score (nSPS) is 11.6. The first-order valence-corrected chi connectivity index (χ1v) is 17.4. The molecule has 0 N–H and O–H groups in total. The van der Waals surface area contributed by atoms with Gasteiger partial charge in [0.15, 0.2) is 17.5 Å². The van der Waals surface area contributed by atoms with Crippen molar-refractivity contribution < 1.29 is 4.42 Å². The van der Waals surface area contributed by atoms with Crippen LogP contribution in [0.2, 0.25) is 0 Å². The van der Waals surface area contributed by atoms with Gasteiger partial charge in [0.1, 0.15) is 11.2 Å². The second-order valence-electron chi connectivity index (χ2n) is 12.3. The molecule has 10 aromatic rings. The van der Waals surface area contributed by atoms with Crippen LogP contribution in [0, 0.1) is 0 Å². The van der Waals surface area contributed by atoms with E-state index in [1.807, 2.05) is 78.1 Å². The fraction of sp³-hybridized carbons (Fsp3) is 0. The van der Waals surface area contributed by atoms with Gasteiger partial charge in [0.2, 0.25) is 0 Å². The van der Waals surface area contributed by atoms with E-state index in [-0.39, 0.29) is 0 Å². The molecule has 0 spiro atoms. The smallest absolute Gasteiger partial charge is 0.167 e. The summed E-state index contributed by atoms with van der Waals surface area (Å²) in [5.74, 6) is 1.81. The van der Waals surface area contributed by atoms with Crippen LogP contribution in [0.4, 0.5) is 0 Å². The molecule has 0 bridgehead atoms. The molecule has 50 heavy (non-hydrogen) atoms. The Labute approximate surface area is 292 Å². The van der Waals surface area contributed by atoms with Crippen molar-refractivity contribution in [3.05, 3.63) is 164 Å². The highest BCUT2D eigenvalue weighted by molar-refractivity contribution is 7.26. The number of aromatic nitrogens is 3. The minimum atomic E-state index is 0.572. The Morgan fingerprint density at radius 3 is 1.52 bits per heavy atom. The predicted molar refractivity (Wildman–Crippen MR) is 207 cm³/mol. The van der Waals surface area contributed by atoms with Gasteiger partial charge in [-0.05, 0) is 28.8 Å². The molecule has 0 atom stereocenters. The lowest BCUT2D eigenvalue weighted by molar-refractivity contribution is 0.670. The van der Waals surface area contributed by atoms with Crippen LogP contribution in [0.25, 0.3) is 98.5 Å². The fourth-order valence-electron chi connectivity index (χ4n) is 7.04. The molecule has 0 fully saturated rings. The molecule has 0 amide bonds. The van der Waals surface area contributed by atoms with Crippen LogP contribution >= 0.6 is 11.3 Å². The minimum Gasteiger partial charge on any atom is -0.455 e. The molecule has 0 saturated carbocycles. The maximum Gasteiger partial charge on any atom is 0.167 e. The SMILES string of the molecule is c1ccc(-c2nc(-c3ccccc3)nc(-c3cccc4c3oc3c(-c5ccc(-c6ccccc6)c6sc7ccccc7c56)cccc34)n2)cc1. The maximum absolute atomic E-state index is 6.97. The molecule has 0 aliphatic rings. The van der Waals surface area contributed by atoms with Crippen molar-refractivity contribution in [3.63, 3.8) is 0 Å². The fourth-order valence-corrected chi connectivity index (χ4v) is 8.30. The Kier molecular flexibility index (Phi) is 6.64. The lowest BCUT2D eigenvalue weighted by atomic mass is 9.94. The summed E-state index contributed by atoms with van der Waals surface area (Å²) >= 11 is 1.85. The first-order valence-electron chi connectivity index (χ1n) is 16.6. The van der Waals surface area contributed by atoms with Crippen LogP contribution < -0.4 is 0 Å². The lowest BCUT2D eigenvalue weighted by Gasteiger charge is -2.10. The third kappa shape index (κ3) is 4.63. The number of nitrogens with zero attached hydrogens (tertiary/aromatic N) is 3. The van der Waals surface area contributed by atoms with Crippen LogP contribution in [-0.2, 0) is 0 Å². The first-order chi connectivity index (χ1) is 24.8. The molecule has 234 valence electrons. The van der Waals surface area contributed by atoms with E-state index in [1.54, 1.807) is 0 Å². The summed E-state index contributed by atoms with van der Waals surface area (Å²) in [5.41, 5.74) is 8.95. The Morgan fingerprint density at radius 2 is 0.860 bits per heavy atom. The van der Waals surface area contributed by atoms with Crippen molar-refractivity contribution in [3.8, 4) is 56.4 Å². The Hall–Kier alpha value is -6.43. The number of benzene rings is 7. The predicted octanol–water partition coefficient (Wildman–Crippen LogP) is 12.5. The summed E-state index contributed by atoms with van der Waals surface area (Å²) < 4.78 is 9.51.